The van der Waals surface area contributed by atoms with Crippen LogP contribution in [0.25, 0.3) is 16.8 Å². The lowest BCUT2D eigenvalue weighted by molar-refractivity contribution is 0.102. The summed E-state index contributed by atoms with van der Waals surface area (Å²) in [5.41, 5.74) is 15.7. The van der Waals surface area contributed by atoms with E-state index >= 15 is 0 Å². The first-order chi connectivity index (χ1) is 14.1. The van der Waals surface area contributed by atoms with Crippen LogP contribution in [-0.4, -0.2) is 35.3 Å². The molecule has 1 amide bonds. The van der Waals surface area contributed by atoms with E-state index in [-0.39, 0.29) is 22.8 Å². The molecule has 30 heavy (non-hydrogen) atoms. The number of hydrogen-bond donors (Lipinski definition) is 3. The lowest BCUT2D eigenvalue weighted by Gasteiger charge is -2.18. The SMILES string of the molecule is Cc1cc(-c2cnc(N)c(C(=O)Nc3cnn(C(C)(C)C)c3)c2)n2ncnc(N)c12. The highest BCUT2D eigenvalue weighted by Crippen LogP contribution is 2.28. The van der Waals surface area contributed by atoms with Gasteiger partial charge in [0.25, 0.3) is 5.91 Å². The Labute approximate surface area is 172 Å². The van der Waals surface area contributed by atoms with Crippen molar-refractivity contribution >= 4 is 28.7 Å². The van der Waals surface area contributed by atoms with Crippen LogP contribution in [0.1, 0.15) is 36.7 Å². The van der Waals surface area contributed by atoms with Crippen molar-refractivity contribution in [3.63, 3.8) is 0 Å². The fourth-order valence-corrected chi connectivity index (χ4v) is 3.21. The number of carbonyl (C=O) groups excluding carboxylic acids is 1. The Morgan fingerprint density at radius 1 is 1.07 bits per heavy atom. The summed E-state index contributed by atoms with van der Waals surface area (Å²) in [5, 5.41) is 11.4. The van der Waals surface area contributed by atoms with E-state index in [1.165, 1.54) is 6.33 Å². The number of aryl methyl sites for hydroxylation is 1. The lowest BCUT2D eigenvalue weighted by atomic mass is 10.1. The van der Waals surface area contributed by atoms with E-state index in [9.17, 15) is 4.79 Å². The lowest BCUT2D eigenvalue weighted by Crippen LogP contribution is -2.22. The number of hydrogen-bond acceptors (Lipinski definition) is 7. The van der Waals surface area contributed by atoms with Crippen molar-refractivity contribution < 1.29 is 4.79 Å². The van der Waals surface area contributed by atoms with Gasteiger partial charge in [-0.15, -0.1) is 0 Å². The van der Waals surface area contributed by atoms with Crippen LogP contribution in [0.5, 0.6) is 0 Å². The van der Waals surface area contributed by atoms with Crippen LogP contribution in [0.4, 0.5) is 17.3 Å². The van der Waals surface area contributed by atoms with Crippen LogP contribution in [-0.2, 0) is 5.54 Å². The maximum absolute atomic E-state index is 12.9. The Morgan fingerprint density at radius 2 is 1.83 bits per heavy atom. The molecule has 0 aromatic carbocycles. The molecular weight excluding hydrogens is 382 g/mol. The predicted molar refractivity (Wildman–Crippen MR) is 115 cm³/mol. The fourth-order valence-electron chi connectivity index (χ4n) is 3.21. The summed E-state index contributed by atoms with van der Waals surface area (Å²) in [6, 6.07) is 3.61. The van der Waals surface area contributed by atoms with Gasteiger partial charge < -0.3 is 16.8 Å². The van der Waals surface area contributed by atoms with E-state index in [0.29, 0.717) is 22.6 Å². The number of aromatic nitrogens is 6. The zero-order valence-electron chi connectivity index (χ0n) is 17.2. The Bertz CT molecular complexity index is 1260. The molecule has 0 aliphatic carbocycles. The van der Waals surface area contributed by atoms with E-state index in [2.05, 4.69) is 25.5 Å². The number of nitrogens with one attached hydrogen (secondary N) is 1. The van der Waals surface area contributed by atoms with Gasteiger partial charge in [0.15, 0.2) is 5.82 Å². The topological polar surface area (TPSA) is 142 Å². The highest BCUT2D eigenvalue weighted by molar-refractivity contribution is 6.07. The van der Waals surface area contributed by atoms with Crippen molar-refractivity contribution in [3.05, 3.63) is 48.2 Å². The number of nitrogen functional groups attached to an aromatic ring is 2. The second kappa shape index (κ2) is 6.83. The van der Waals surface area contributed by atoms with E-state index in [0.717, 1.165) is 11.3 Å². The van der Waals surface area contributed by atoms with Gasteiger partial charge >= 0.3 is 0 Å². The van der Waals surface area contributed by atoms with Crippen LogP contribution in [0.15, 0.2) is 37.1 Å². The van der Waals surface area contributed by atoms with Crippen LogP contribution < -0.4 is 16.8 Å². The predicted octanol–water partition coefficient (Wildman–Crippen LogP) is 2.47. The molecule has 0 bridgehead atoms. The van der Waals surface area contributed by atoms with Gasteiger partial charge in [-0.25, -0.2) is 14.5 Å². The Kier molecular flexibility index (Phi) is 4.41. The minimum absolute atomic E-state index is 0.131. The maximum Gasteiger partial charge on any atom is 0.259 e. The van der Waals surface area contributed by atoms with Crippen LogP contribution in [0.2, 0.25) is 0 Å². The number of fused-ring (bicyclic) bond motifs is 1. The normalized spacial score (nSPS) is 11.7. The van der Waals surface area contributed by atoms with Gasteiger partial charge in [0, 0.05) is 18.0 Å². The number of nitrogens with zero attached hydrogens (tertiary/aromatic N) is 6. The molecule has 0 saturated carbocycles. The summed E-state index contributed by atoms with van der Waals surface area (Å²) in [4.78, 5) is 21.1. The zero-order chi connectivity index (χ0) is 21.6. The number of pyridine rings is 1. The first-order valence-electron chi connectivity index (χ1n) is 9.36. The van der Waals surface area contributed by atoms with Gasteiger partial charge in [-0.1, -0.05) is 0 Å². The summed E-state index contributed by atoms with van der Waals surface area (Å²) < 4.78 is 3.46. The molecule has 4 aromatic rings. The second-order valence-electron chi connectivity index (χ2n) is 8.07. The average Bonchev–Trinajstić information content (AvgIpc) is 3.27. The number of amides is 1. The van der Waals surface area contributed by atoms with Gasteiger partial charge in [0.1, 0.15) is 17.7 Å². The zero-order valence-corrected chi connectivity index (χ0v) is 17.2. The monoisotopic (exact) mass is 405 g/mol. The molecule has 0 fully saturated rings. The third kappa shape index (κ3) is 3.32. The molecule has 0 saturated heterocycles. The maximum atomic E-state index is 12.9. The highest BCUT2D eigenvalue weighted by Gasteiger charge is 2.19. The summed E-state index contributed by atoms with van der Waals surface area (Å²) in [5.74, 6) is 0.138. The quantitative estimate of drug-likeness (QED) is 0.475. The molecule has 0 spiro atoms. The number of rotatable bonds is 3. The fraction of sp³-hybridized carbons (Fsp3) is 0.250. The third-order valence-electron chi connectivity index (χ3n) is 4.76. The Hall–Kier alpha value is -3.95. The van der Waals surface area contributed by atoms with Gasteiger partial charge in [-0.2, -0.15) is 10.2 Å². The minimum atomic E-state index is -0.373. The van der Waals surface area contributed by atoms with Crippen LogP contribution in [0.3, 0.4) is 0 Å². The average molecular weight is 405 g/mol. The second-order valence-corrected chi connectivity index (χ2v) is 8.07. The van der Waals surface area contributed by atoms with Crippen molar-refractivity contribution in [2.24, 2.45) is 0 Å². The summed E-state index contributed by atoms with van der Waals surface area (Å²) in [6.45, 7) is 8.00. The first-order valence-corrected chi connectivity index (χ1v) is 9.36. The molecule has 10 heteroatoms. The molecule has 4 aromatic heterocycles. The van der Waals surface area contributed by atoms with Crippen molar-refractivity contribution in [2.45, 2.75) is 33.2 Å². The van der Waals surface area contributed by atoms with Gasteiger partial charge in [0.05, 0.1) is 28.7 Å². The number of anilines is 3. The highest BCUT2D eigenvalue weighted by atomic mass is 16.1. The van der Waals surface area contributed by atoms with E-state index in [1.54, 1.807) is 33.9 Å². The third-order valence-corrected chi connectivity index (χ3v) is 4.76. The molecule has 0 atom stereocenters. The molecule has 0 unspecified atom stereocenters. The van der Waals surface area contributed by atoms with Gasteiger partial charge in [0.2, 0.25) is 0 Å². The summed E-state index contributed by atoms with van der Waals surface area (Å²) in [7, 11) is 0. The van der Waals surface area contributed by atoms with Crippen molar-refractivity contribution in [3.8, 4) is 11.3 Å². The first kappa shape index (κ1) is 19.4. The molecule has 4 heterocycles. The van der Waals surface area contributed by atoms with Gasteiger partial charge in [-0.05, 0) is 45.4 Å². The van der Waals surface area contributed by atoms with Crippen molar-refractivity contribution in [2.75, 3.05) is 16.8 Å². The summed E-state index contributed by atoms with van der Waals surface area (Å²) >= 11 is 0. The molecule has 5 N–H and O–H groups in total. The smallest absolute Gasteiger partial charge is 0.259 e. The molecule has 0 aliphatic rings. The molecule has 0 radical (unpaired) electrons. The molecule has 10 nitrogen and oxygen atoms in total. The van der Waals surface area contributed by atoms with E-state index < -0.39 is 0 Å². The largest absolute Gasteiger partial charge is 0.383 e. The van der Waals surface area contributed by atoms with Gasteiger partial charge in [-0.3, -0.25) is 9.48 Å². The number of carbonyl (C=O) groups is 1. The molecule has 154 valence electrons. The Balaban J connectivity index is 1.70. The van der Waals surface area contributed by atoms with Crippen molar-refractivity contribution in [1.29, 1.82) is 0 Å². The molecule has 0 aliphatic heterocycles. The van der Waals surface area contributed by atoms with Crippen molar-refractivity contribution in [1.82, 2.24) is 29.4 Å². The van der Waals surface area contributed by atoms with E-state index in [1.807, 2.05) is 33.8 Å². The van der Waals surface area contributed by atoms with E-state index in [4.69, 9.17) is 11.5 Å². The molecule has 4 rings (SSSR count). The Morgan fingerprint density at radius 3 is 2.53 bits per heavy atom. The number of nitrogens with two attached hydrogens (primary N) is 2. The molecular formula is C20H23N9O. The minimum Gasteiger partial charge on any atom is -0.383 e. The van der Waals surface area contributed by atoms with Crippen LogP contribution >= 0.6 is 0 Å². The standard InChI is InChI=1S/C20H23N9O/c1-11-5-15(29-16(11)18(22)24-10-26-29)12-6-14(17(21)23-7-12)19(30)27-13-8-25-28(9-13)20(2,3)4/h5-10H,1-4H3,(H2,21,23)(H,27,30)(H2,22,24,26). The van der Waals surface area contributed by atoms with Crippen LogP contribution in [0, 0.1) is 6.92 Å². The summed E-state index contributed by atoms with van der Waals surface area (Å²) in [6.07, 6.45) is 6.36.